The van der Waals surface area contributed by atoms with Crippen LogP contribution < -0.4 is 66.1 Å². The smallest absolute Gasteiger partial charge is 0.822 e. The normalized spacial score (nSPS) is 5.36. The van der Waals surface area contributed by atoms with E-state index in [0.29, 0.717) is 0 Å². The molecule has 0 aliphatic heterocycles. The van der Waals surface area contributed by atoms with Gasteiger partial charge in [0.1, 0.15) is 0 Å². The fourth-order valence-corrected chi connectivity index (χ4v) is 0. The summed E-state index contributed by atoms with van der Waals surface area (Å²) in [7, 11) is -5.39. The summed E-state index contributed by atoms with van der Waals surface area (Å²) >= 11 is 0. The Balaban J connectivity index is -0.00000000533. The molecule has 0 aromatic heterocycles. The SMILES string of the molecule is O.O.O.O.O=P([O-])([O-])[O-].[K+].[Mg+2]. The van der Waals surface area contributed by atoms with Gasteiger partial charge in [0.2, 0.25) is 0 Å². The Bertz CT molecular complexity index is 60.2. The molecule has 0 radical (unpaired) electrons. The average molecular weight is 230 g/mol. The molecule has 0 rings (SSSR count). The van der Waals surface area contributed by atoms with Crippen LogP contribution in [0.25, 0.3) is 0 Å². The van der Waals surface area contributed by atoms with Crippen LogP contribution in [0.5, 0.6) is 0 Å². The van der Waals surface area contributed by atoms with Crippen molar-refractivity contribution in [2.45, 2.75) is 0 Å². The Hall–Kier alpha value is 2.35. The Labute approximate surface area is 121 Å². The molecular formula is H8KMgO8P. The first kappa shape index (κ1) is 50.5. The molecule has 0 saturated heterocycles. The first-order valence-electron chi connectivity index (χ1n) is 0.730. The molecule has 8 nitrogen and oxygen atoms in total. The van der Waals surface area contributed by atoms with Crippen molar-refractivity contribution in [1.29, 1.82) is 0 Å². The Morgan fingerprint density at radius 1 is 0.818 bits per heavy atom. The zero-order valence-corrected chi connectivity index (χ0v) is 11.2. The standard InChI is InChI=1S/K.Mg.H3O4P.4H2O/c;;1-5(2,3)4;;;;/h;;(H3,1,2,3,4);4*1H2/q+1;+2;;;;;/p-3. The van der Waals surface area contributed by atoms with E-state index < -0.39 is 7.82 Å². The Kier molecular flexibility index (Phi) is 105. The number of hydrogen-bond donors (Lipinski definition) is 0. The van der Waals surface area contributed by atoms with Crippen molar-refractivity contribution in [2.24, 2.45) is 0 Å². The molecule has 0 heterocycles. The first-order chi connectivity index (χ1) is 2.00. The van der Waals surface area contributed by atoms with E-state index in [1.54, 1.807) is 0 Å². The molecule has 0 aliphatic rings. The van der Waals surface area contributed by atoms with Crippen molar-refractivity contribution in [2.75, 3.05) is 0 Å². The van der Waals surface area contributed by atoms with Gasteiger partial charge in [-0.05, 0) is 0 Å². The molecule has 0 atom stereocenters. The largest absolute Gasteiger partial charge is 2.00 e. The third-order valence-corrected chi connectivity index (χ3v) is 0. The van der Waals surface area contributed by atoms with Crippen LogP contribution in [0.3, 0.4) is 0 Å². The summed E-state index contributed by atoms with van der Waals surface area (Å²) in [5.41, 5.74) is 0. The zero-order valence-electron chi connectivity index (χ0n) is 5.79. The predicted octanol–water partition coefficient (Wildman–Crippen LogP) is -9.50. The topological polar surface area (TPSA) is 212 Å². The fourth-order valence-electron chi connectivity index (χ4n) is 0. The monoisotopic (exact) mass is 230 g/mol. The zero-order chi connectivity index (χ0) is 4.50. The summed E-state index contributed by atoms with van der Waals surface area (Å²) in [6, 6.07) is 0. The molecule has 8 N–H and O–H groups in total. The number of hydrogen-bond acceptors (Lipinski definition) is 4. The van der Waals surface area contributed by atoms with E-state index in [1.807, 2.05) is 0 Å². The van der Waals surface area contributed by atoms with Gasteiger partial charge in [-0.1, -0.05) is 0 Å². The van der Waals surface area contributed by atoms with Crippen molar-refractivity contribution >= 4 is 30.9 Å². The minimum absolute atomic E-state index is 0. The van der Waals surface area contributed by atoms with Crippen molar-refractivity contribution in [1.82, 2.24) is 0 Å². The maximum absolute atomic E-state index is 8.55. The number of rotatable bonds is 0. The predicted molar refractivity (Wildman–Crippen MR) is 27.8 cm³/mol. The molecule has 0 aromatic rings. The van der Waals surface area contributed by atoms with Crippen LogP contribution in [0.1, 0.15) is 0 Å². The van der Waals surface area contributed by atoms with Gasteiger partial charge in [-0.2, -0.15) is 7.82 Å². The van der Waals surface area contributed by atoms with Crippen molar-refractivity contribution in [3.8, 4) is 0 Å². The van der Waals surface area contributed by atoms with Crippen LogP contribution in [0, 0.1) is 0 Å². The molecule has 11 heavy (non-hydrogen) atoms. The van der Waals surface area contributed by atoms with Gasteiger partial charge < -0.3 is 41.2 Å². The van der Waals surface area contributed by atoms with Gasteiger partial charge in [-0.15, -0.1) is 0 Å². The van der Waals surface area contributed by atoms with Gasteiger partial charge in [0.25, 0.3) is 0 Å². The molecule has 0 aliphatic carbocycles. The molecule has 64 valence electrons. The van der Waals surface area contributed by atoms with E-state index >= 15 is 0 Å². The van der Waals surface area contributed by atoms with Gasteiger partial charge in [0.15, 0.2) is 0 Å². The van der Waals surface area contributed by atoms with Crippen molar-refractivity contribution in [3.05, 3.63) is 0 Å². The minimum atomic E-state index is -5.39. The van der Waals surface area contributed by atoms with Gasteiger partial charge in [0.05, 0.1) is 0 Å². The molecule has 0 fully saturated rings. The van der Waals surface area contributed by atoms with Crippen LogP contribution >= 0.6 is 7.82 Å². The Morgan fingerprint density at radius 3 is 0.818 bits per heavy atom. The maximum atomic E-state index is 8.55. The van der Waals surface area contributed by atoms with Crippen LogP contribution in [0.2, 0.25) is 0 Å². The van der Waals surface area contributed by atoms with Crippen LogP contribution in [-0.2, 0) is 4.57 Å². The molecule has 0 bridgehead atoms. The summed E-state index contributed by atoms with van der Waals surface area (Å²) in [5.74, 6) is 0. The molecule has 11 heteroatoms. The summed E-state index contributed by atoms with van der Waals surface area (Å²) in [4.78, 5) is 25.6. The van der Waals surface area contributed by atoms with E-state index in [1.165, 1.54) is 0 Å². The molecule has 0 aromatic carbocycles. The van der Waals surface area contributed by atoms with Gasteiger partial charge >= 0.3 is 74.4 Å². The van der Waals surface area contributed by atoms with Crippen molar-refractivity contribution < 1.29 is 92.5 Å². The molecule has 0 spiro atoms. The number of phosphoric acid groups is 1. The molecule has 0 unspecified atom stereocenters. The second-order valence-corrected chi connectivity index (χ2v) is 1.34. The first-order valence-corrected chi connectivity index (χ1v) is 2.19. The summed E-state index contributed by atoms with van der Waals surface area (Å²) < 4.78 is 8.55. The van der Waals surface area contributed by atoms with E-state index in [9.17, 15) is 0 Å². The van der Waals surface area contributed by atoms with Gasteiger partial charge in [-0.25, -0.2) is 0 Å². The summed E-state index contributed by atoms with van der Waals surface area (Å²) in [6.45, 7) is 0. The summed E-state index contributed by atoms with van der Waals surface area (Å²) in [5, 5.41) is 0. The molecular weight excluding hydrogens is 222 g/mol. The third-order valence-electron chi connectivity index (χ3n) is 0. The van der Waals surface area contributed by atoms with Gasteiger partial charge in [-0.3, -0.25) is 0 Å². The third kappa shape index (κ3) is 239. The summed E-state index contributed by atoms with van der Waals surface area (Å²) in [6.07, 6.45) is 0. The van der Waals surface area contributed by atoms with E-state index in [4.69, 9.17) is 19.2 Å². The van der Waals surface area contributed by atoms with E-state index in [-0.39, 0.29) is 96.3 Å². The second-order valence-electron chi connectivity index (χ2n) is 0.447. The van der Waals surface area contributed by atoms with Crippen LogP contribution in [0.15, 0.2) is 0 Å². The Morgan fingerprint density at radius 2 is 0.818 bits per heavy atom. The minimum Gasteiger partial charge on any atom is -0.822 e. The second kappa shape index (κ2) is 22.8. The molecule has 0 amide bonds. The van der Waals surface area contributed by atoms with E-state index in [0.717, 1.165) is 0 Å². The molecule has 0 saturated carbocycles. The van der Waals surface area contributed by atoms with Crippen LogP contribution in [-0.4, -0.2) is 45.0 Å². The van der Waals surface area contributed by atoms with Gasteiger partial charge in [0, 0.05) is 0 Å². The van der Waals surface area contributed by atoms with E-state index in [2.05, 4.69) is 0 Å². The maximum Gasteiger partial charge on any atom is 2.00 e. The van der Waals surface area contributed by atoms with Crippen LogP contribution in [0.4, 0.5) is 0 Å². The average Bonchev–Trinajstić information content (AvgIpc) is 0.722. The fraction of sp³-hybridized carbons (Fsp3) is 0. The van der Waals surface area contributed by atoms with Crippen molar-refractivity contribution in [3.63, 3.8) is 0 Å². The quantitative estimate of drug-likeness (QED) is 0.292.